The van der Waals surface area contributed by atoms with E-state index >= 15 is 0 Å². The van der Waals surface area contributed by atoms with Crippen molar-refractivity contribution in [2.24, 2.45) is 0 Å². The molecule has 0 heterocycles. The minimum Gasteiger partial charge on any atom is -0.242 e. The first-order valence-corrected chi connectivity index (χ1v) is 16.9. The first kappa shape index (κ1) is 28.0. The molecule has 0 bridgehead atoms. The van der Waals surface area contributed by atoms with Crippen LogP contribution in [0.1, 0.15) is 113 Å². The second-order valence-corrected chi connectivity index (χ2v) is 17.3. The van der Waals surface area contributed by atoms with Crippen LogP contribution in [0.2, 0.25) is 0 Å². The standard InChI is InChI=1S/C32H48NOPS/c1-24-21-25(2)23-26(22-24)31(33(6)36(34)32(3,4)5)29-19-13-14-20-30(29)35(27-15-9-7-10-16-27)28-17-11-8-12-18-28/h13-14,19-23,27-28,31H,7-12,15-18H2,1-6H3. The zero-order valence-corrected chi connectivity index (χ0v) is 25.3. The van der Waals surface area contributed by atoms with Crippen molar-refractivity contribution in [1.29, 1.82) is 0 Å². The normalized spacial score (nSPS) is 20.1. The van der Waals surface area contributed by atoms with Gasteiger partial charge < -0.3 is 0 Å². The molecule has 0 saturated heterocycles. The van der Waals surface area contributed by atoms with Gasteiger partial charge in [0.2, 0.25) is 0 Å². The molecule has 2 aliphatic rings. The Kier molecular flexibility index (Phi) is 9.51. The van der Waals surface area contributed by atoms with E-state index in [1.807, 2.05) is 0 Å². The molecule has 4 rings (SSSR count). The van der Waals surface area contributed by atoms with E-state index < -0.39 is 11.0 Å². The highest BCUT2D eigenvalue weighted by molar-refractivity contribution is 7.84. The summed E-state index contributed by atoms with van der Waals surface area (Å²) < 4.78 is 15.7. The summed E-state index contributed by atoms with van der Waals surface area (Å²) in [5, 5.41) is 1.60. The maximum absolute atomic E-state index is 13.8. The molecule has 0 aromatic heterocycles. The molecule has 2 fully saturated rings. The van der Waals surface area contributed by atoms with Crippen LogP contribution in [-0.2, 0) is 11.0 Å². The van der Waals surface area contributed by atoms with Crippen molar-refractivity contribution >= 4 is 24.2 Å². The van der Waals surface area contributed by atoms with E-state index in [-0.39, 0.29) is 18.7 Å². The third-order valence-electron chi connectivity index (χ3n) is 8.15. The van der Waals surface area contributed by atoms with Gasteiger partial charge >= 0.3 is 0 Å². The molecule has 2 atom stereocenters. The molecule has 2 aromatic rings. The van der Waals surface area contributed by atoms with E-state index in [2.05, 4.69) is 88.4 Å². The summed E-state index contributed by atoms with van der Waals surface area (Å²) in [4.78, 5) is 0. The topological polar surface area (TPSA) is 20.3 Å². The second kappa shape index (κ2) is 12.2. The van der Waals surface area contributed by atoms with Gasteiger partial charge in [0.15, 0.2) is 0 Å². The highest BCUT2D eigenvalue weighted by Crippen LogP contribution is 2.56. The molecule has 2 saturated carbocycles. The number of hydrogen-bond acceptors (Lipinski definition) is 1. The van der Waals surface area contributed by atoms with Crippen LogP contribution in [0.4, 0.5) is 0 Å². The summed E-state index contributed by atoms with van der Waals surface area (Å²) in [6.07, 6.45) is 14.0. The van der Waals surface area contributed by atoms with E-state index in [0.717, 1.165) is 11.3 Å². The molecule has 0 N–H and O–H groups in total. The molecule has 198 valence electrons. The largest absolute Gasteiger partial charge is 0.242 e. The summed E-state index contributed by atoms with van der Waals surface area (Å²) in [6.45, 7) is 10.7. The van der Waals surface area contributed by atoms with Gasteiger partial charge in [-0.05, 0) is 88.1 Å². The summed E-state index contributed by atoms with van der Waals surface area (Å²) in [7, 11) is 0.722. The van der Waals surface area contributed by atoms with Gasteiger partial charge in [-0.15, -0.1) is 0 Å². The SMILES string of the molecule is Cc1cc(C)cc(C(c2ccccc2P(C2CCCCC2)C2CCCCC2)N(C)S(=O)C(C)(C)C)c1. The summed E-state index contributed by atoms with van der Waals surface area (Å²) in [5.74, 6) is 0. The van der Waals surface area contributed by atoms with Crippen molar-refractivity contribution in [3.8, 4) is 0 Å². The van der Waals surface area contributed by atoms with Crippen LogP contribution in [-0.4, -0.2) is 31.6 Å². The lowest BCUT2D eigenvalue weighted by atomic mass is 9.95. The lowest BCUT2D eigenvalue weighted by molar-refractivity contribution is 0.440. The first-order chi connectivity index (χ1) is 17.2. The average molecular weight is 526 g/mol. The zero-order valence-electron chi connectivity index (χ0n) is 23.6. The molecule has 2 aromatic carbocycles. The van der Waals surface area contributed by atoms with Gasteiger partial charge in [0.25, 0.3) is 0 Å². The number of rotatable bonds is 7. The van der Waals surface area contributed by atoms with Crippen LogP contribution < -0.4 is 5.30 Å². The summed E-state index contributed by atoms with van der Waals surface area (Å²) in [6, 6.07) is 16.2. The van der Waals surface area contributed by atoms with Gasteiger partial charge in [0, 0.05) is 7.05 Å². The molecule has 0 radical (unpaired) electrons. The van der Waals surface area contributed by atoms with E-state index in [1.165, 1.54) is 86.5 Å². The van der Waals surface area contributed by atoms with Gasteiger partial charge in [-0.1, -0.05) is 100 Å². The Balaban J connectivity index is 1.87. The monoisotopic (exact) mass is 525 g/mol. The third kappa shape index (κ3) is 6.51. The molecule has 2 nitrogen and oxygen atoms in total. The predicted octanol–water partition coefficient (Wildman–Crippen LogP) is 8.56. The molecular weight excluding hydrogens is 477 g/mol. The van der Waals surface area contributed by atoms with Gasteiger partial charge in [-0.3, -0.25) is 0 Å². The molecule has 0 spiro atoms. The van der Waals surface area contributed by atoms with Crippen molar-refractivity contribution in [2.75, 3.05) is 7.05 Å². The van der Waals surface area contributed by atoms with Crippen LogP contribution in [0, 0.1) is 13.8 Å². The number of aryl methyl sites for hydroxylation is 2. The second-order valence-electron chi connectivity index (χ2n) is 12.3. The molecule has 36 heavy (non-hydrogen) atoms. The van der Waals surface area contributed by atoms with Crippen molar-refractivity contribution < 1.29 is 4.21 Å². The fraction of sp³-hybridized carbons (Fsp3) is 0.625. The Labute approximate surface area is 225 Å². The average Bonchev–Trinajstić information content (AvgIpc) is 2.85. The maximum atomic E-state index is 13.8. The fourth-order valence-corrected chi connectivity index (χ4v) is 11.9. The quantitative estimate of drug-likeness (QED) is 0.332. The molecular formula is C32H48NOPS. The van der Waals surface area contributed by atoms with Crippen LogP contribution in [0.15, 0.2) is 42.5 Å². The van der Waals surface area contributed by atoms with Crippen molar-refractivity contribution in [1.82, 2.24) is 4.31 Å². The Morgan fingerprint density at radius 2 is 1.33 bits per heavy atom. The summed E-state index contributed by atoms with van der Waals surface area (Å²) >= 11 is 0. The maximum Gasteiger partial charge on any atom is 0.100 e. The van der Waals surface area contributed by atoms with Crippen molar-refractivity contribution in [3.63, 3.8) is 0 Å². The van der Waals surface area contributed by atoms with E-state index in [9.17, 15) is 4.21 Å². The molecule has 0 amide bonds. The zero-order chi connectivity index (χ0) is 25.9. The Morgan fingerprint density at radius 1 is 0.833 bits per heavy atom. The third-order valence-corrected chi connectivity index (χ3v) is 13.5. The molecule has 2 aliphatic carbocycles. The number of hydrogen-bond donors (Lipinski definition) is 0. The van der Waals surface area contributed by atoms with E-state index in [1.54, 1.807) is 5.30 Å². The van der Waals surface area contributed by atoms with Crippen LogP contribution in [0.3, 0.4) is 0 Å². The van der Waals surface area contributed by atoms with Crippen LogP contribution in [0.25, 0.3) is 0 Å². The number of benzene rings is 2. The van der Waals surface area contributed by atoms with E-state index in [0.29, 0.717) is 0 Å². The van der Waals surface area contributed by atoms with Gasteiger partial charge in [-0.2, -0.15) is 0 Å². The fourth-order valence-electron chi connectivity index (χ4n) is 6.64. The Hall–Kier alpha value is -1.02. The minimum atomic E-state index is -1.12. The van der Waals surface area contributed by atoms with Crippen LogP contribution in [0.5, 0.6) is 0 Å². The van der Waals surface area contributed by atoms with Gasteiger partial charge in [-0.25, -0.2) is 8.51 Å². The number of nitrogens with zero attached hydrogens (tertiary/aromatic N) is 1. The first-order valence-electron chi connectivity index (χ1n) is 14.3. The lowest BCUT2D eigenvalue weighted by Crippen LogP contribution is -2.39. The van der Waals surface area contributed by atoms with Crippen molar-refractivity contribution in [2.45, 2.75) is 121 Å². The minimum absolute atomic E-state index is 0.00274. The van der Waals surface area contributed by atoms with Crippen LogP contribution >= 0.6 is 7.92 Å². The molecule has 2 unspecified atom stereocenters. The van der Waals surface area contributed by atoms with Gasteiger partial charge in [0.1, 0.15) is 11.0 Å². The highest BCUT2D eigenvalue weighted by atomic mass is 32.2. The van der Waals surface area contributed by atoms with Crippen molar-refractivity contribution in [3.05, 3.63) is 64.7 Å². The predicted molar refractivity (Wildman–Crippen MR) is 160 cm³/mol. The highest BCUT2D eigenvalue weighted by Gasteiger charge is 2.37. The Bertz CT molecular complexity index is 994. The summed E-state index contributed by atoms with van der Waals surface area (Å²) in [5.41, 5.74) is 6.94. The smallest absolute Gasteiger partial charge is 0.100 e. The molecule has 4 heteroatoms. The Morgan fingerprint density at radius 3 is 1.83 bits per heavy atom. The van der Waals surface area contributed by atoms with E-state index in [4.69, 9.17) is 0 Å². The lowest BCUT2D eigenvalue weighted by Gasteiger charge is -2.41. The molecule has 0 aliphatic heterocycles. The van der Waals surface area contributed by atoms with Gasteiger partial charge in [0.05, 0.1) is 10.8 Å².